The summed E-state index contributed by atoms with van der Waals surface area (Å²) >= 11 is 6.09. The first-order valence-corrected chi connectivity index (χ1v) is 16.3. The molecule has 1 spiro atoms. The Morgan fingerprint density at radius 1 is 1.07 bits per heavy atom. The molecule has 4 rings (SSSR count). The molecule has 2 aliphatic rings. The summed E-state index contributed by atoms with van der Waals surface area (Å²) in [5, 5.41) is 6.36. The number of benzene rings is 2. The van der Waals surface area contributed by atoms with Crippen molar-refractivity contribution in [1.29, 1.82) is 0 Å². The molecule has 10 heteroatoms. The van der Waals surface area contributed by atoms with Gasteiger partial charge in [-0.25, -0.2) is 13.1 Å². The van der Waals surface area contributed by atoms with Gasteiger partial charge in [-0.3, -0.25) is 9.59 Å². The lowest BCUT2D eigenvalue weighted by Crippen LogP contribution is -2.57. The van der Waals surface area contributed by atoms with Crippen LogP contribution in [0.15, 0.2) is 60.2 Å². The van der Waals surface area contributed by atoms with E-state index >= 15 is 0 Å². The zero-order chi connectivity index (χ0) is 29.7. The smallest absolute Gasteiger partial charge is 0.242 e. The number of hydrogen-bond donors (Lipinski definition) is 4. The van der Waals surface area contributed by atoms with Crippen LogP contribution < -0.4 is 21.1 Å². The summed E-state index contributed by atoms with van der Waals surface area (Å²) in [4.78, 5) is 26.8. The summed E-state index contributed by atoms with van der Waals surface area (Å²) in [7, 11) is -3.82. The van der Waals surface area contributed by atoms with Crippen LogP contribution in [0.25, 0.3) is 4.91 Å². The van der Waals surface area contributed by atoms with E-state index in [0.717, 1.165) is 31.2 Å². The van der Waals surface area contributed by atoms with E-state index in [0.29, 0.717) is 48.3 Å². The fourth-order valence-electron chi connectivity index (χ4n) is 5.69. The van der Waals surface area contributed by atoms with E-state index < -0.39 is 33.1 Å². The molecule has 0 aromatic heterocycles. The normalized spacial score (nSPS) is 19.9. The second-order valence-electron chi connectivity index (χ2n) is 11.5. The third-order valence-corrected chi connectivity index (χ3v) is 10.3. The Bertz CT molecular complexity index is 1370. The zero-order valence-electron chi connectivity index (χ0n) is 23.8. The van der Waals surface area contributed by atoms with Gasteiger partial charge in [0.15, 0.2) is 0 Å². The van der Waals surface area contributed by atoms with E-state index in [4.69, 9.17) is 17.3 Å². The maximum atomic E-state index is 13.6. The minimum absolute atomic E-state index is 0.0434. The summed E-state index contributed by atoms with van der Waals surface area (Å²) in [5.74, 6) is -0.758. The molecule has 5 N–H and O–H groups in total. The molecule has 1 aliphatic heterocycles. The molecule has 0 radical (unpaired) electrons. The third kappa shape index (κ3) is 7.38. The Kier molecular flexibility index (Phi) is 9.95. The maximum absolute atomic E-state index is 13.6. The van der Waals surface area contributed by atoms with Gasteiger partial charge in [0.2, 0.25) is 21.8 Å². The monoisotopic (exact) mass is 600 g/mol. The van der Waals surface area contributed by atoms with Crippen LogP contribution in [0, 0.1) is 0 Å². The largest absolute Gasteiger partial charge is 0.350 e. The summed E-state index contributed by atoms with van der Waals surface area (Å²) < 4.78 is 29.9. The molecule has 2 amide bonds. The molecule has 1 aliphatic carbocycles. The van der Waals surface area contributed by atoms with Crippen LogP contribution in [0.5, 0.6) is 0 Å². The number of nitrogens with two attached hydrogens (primary N) is 1. The first-order chi connectivity index (χ1) is 19.5. The Morgan fingerprint density at radius 3 is 2.37 bits per heavy atom. The standard InChI is InChI=1S/C31H41ClN4O4S/c1-3-30(2,33)29(38)35-26(14-10-13-22-11-6-4-7-12-22)28(37)34-21-25-27(23-15-17-24(32)18-16-23)41(39,40)36-31(25)19-8-5-9-20-31/h4,6-7,11-12,15-18,26,36H,3,5,8-10,13-14,19-21,33H2,1-2H3,(H,34,37)(H,35,38). The lowest BCUT2D eigenvalue weighted by atomic mass is 9.76. The Hall–Kier alpha value is -2.72. The van der Waals surface area contributed by atoms with E-state index in [1.54, 1.807) is 31.2 Å². The van der Waals surface area contributed by atoms with Crippen LogP contribution in [0.2, 0.25) is 5.02 Å². The maximum Gasteiger partial charge on any atom is 0.242 e. The van der Waals surface area contributed by atoms with Gasteiger partial charge in [-0.2, -0.15) is 0 Å². The van der Waals surface area contributed by atoms with Gasteiger partial charge < -0.3 is 16.4 Å². The molecule has 2 aromatic rings. The van der Waals surface area contributed by atoms with Crippen molar-refractivity contribution in [2.75, 3.05) is 6.54 Å². The van der Waals surface area contributed by atoms with Gasteiger partial charge in [-0.15, -0.1) is 0 Å². The van der Waals surface area contributed by atoms with E-state index in [1.807, 2.05) is 37.3 Å². The first kappa shape index (κ1) is 31.2. The molecular weight excluding hydrogens is 560 g/mol. The predicted molar refractivity (Wildman–Crippen MR) is 163 cm³/mol. The average molecular weight is 601 g/mol. The van der Waals surface area contributed by atoms with Crippen molar-refractivity contribution in [3.8, 4) is 0 Å². The van der Waals surface area contributed by atoms with Crippen LogP contribution in [0.3, 0.4) is 0 Å². The van der Waals surface area contributed by atoms with Crippen molar-refractivity contribution in [3.05, 3.63) is 76.3 Å². The molecule has 222 valence electrons. The van der Waals surface area contributed by atoms with Crippen molar-refractivity contribution in [1.82, 2.24) is 15.4 Å². The summed E-state index contributed by atoms with van der Waals surface area (Å²) in [6.07, 6.45) is 6.39. The number of sulfonamides is 1. The Balaban J connectivity index is 1.59. The van der Waals surface area contributed by atoms with E-state index in [2.05, 4.69) is 15.4 Å². The fourth-order valence-corrected chi connectivity index (χ4v) is 7.80. The minimum Gasteiger partial charge on any atom is -0.350 e. The molecule has 0 bridgehead atoms. The van der Waals surface area contributed by atoms with Crippen molar-refractivity contribution in [2.24, 2.45) is 5.73 Å². The molecule has 1 fully saturated rings. The second kappa shape index (κ2) is 13.1. The highest BCUT2D eigenvalue weighted by atomic mass is 35.5. The second-order valence-corrected chi connectivity index (χ2v) is 13.5. The lowest BCUT2D eigenvalue weighted by Gasteiger charge is -2.35. The molecule has 2 unspecified atom stereocenters. The molecule has 0 saturated heterocycles. The SMILES string of the molecule is CCC(C)(N)C(=O)NC(CCCc1ccccc1)C(=O)NCC1=C(c2ccc(Cl)cc2)S(=O)(=O)NC12CCCCC2. The zero-order valence-corrected chi connectivity index (χ0v) is 25.4. The topological polar surface area (TPSA) is 130 Å². The average Bonchev–Trinajstić information content (AvgIpc) is 3.17. The number of carbonyl (C=O) groups is 2. The van der Waals surface area contributed by atoms with Crippen molar-refractivity contribution in [3.63, 3.8) is 0 Å². The molecule has 1 saturated carbocycles. The first-order valence-electron chi connectivity index (χ1n) is 14.4. The number of halogens is 1. The van der Waals surface area contributed by atoms with Crippen LogP contribution in [-0.4, -0.2) is 43.9 Å². The van der Waals surface area contributed by atoms with Gasteiger partial charge in [0, 0.05) is 11.6 Å². The highest BCUT2D eigenvalue weighted by molar-refractivity contribution is 7.99. The van der Waals surface area contributed by atoms with Crippen molar-refractivity contribution < 1.29 is 18.0 Å². The van der Waals surface area contributed by atoms with Crippen LogP contribution in [-0.2, 0) is 26.0 Å². The van der Waals surface area contributed by atoms with Crippen LogP contribution in [0.1, 0.15) is 76.3 Å². The molecule has 1 heterocycles. The van der Waals surface area contributed by atoms with Crippen molar-refractivity contribution >= 4 is 38.3 Å². The van der Waals surface area contributed by atoms with Crippen molar-refractivity contribution in [2.45, 2.75) is 88.8 Å². The number of carbonyl (C=O) groups excluding carboxylic acids is 2. The number of aryl methyl sites for hydroxylation is 1. The van der Waals surface area contributed by atoms with Gasteiger partial charge >= 0.3 is 0 Å². The molecule has 8 nitrogen and oxygen atoms in total. The highest BCUT2D eigenvalue weighted by Gasteiger charge is 2.49. The Morgan fingerprint density at radius 2 is 1.73 bits per heavy atom. The highest BCUT2D eigenvalue weighted by Crippen LogP contribution is 2.45. The number of hydrogen-bond acceptors (Lipinski definition) is 5. The van der Waals surface area contributed by atoms with E-state index in [1.165, 1.54) is 0 Å². The molecule has 2 aromatic carbocycles. The van der Waals surface area contributed by atoms with Gasteiger partial charge in [0.05, 0.1) is 16.0 Å². The minimum atomic E-state index is -3.82. The quantitative estimate of drug-likeness (QED) is 0.303. The molecular formula is C31H41ClN4O4S. The van der Waals surface area contributed by atoms with Crippen LogP contribution >= 0.6 is 11.6 Å². The number of amides is 2. The molecule has 41 heavy (non-hydrogen) atoms. The van der Waals surface area contributed by atoms with Gasteiger partial charge in [0.1, 0.15) is 6.04 Å². The lowest BCUT2D eigenvalue weighted by molar-refractivity contribution is -0.131. The molecule has 2 atom stereocenters. The van der Waals surface area contributed by atoms with Gasteiger partial charge in [0.25, 0.3) is 0 Å². The third-order valence-electron chi connectivity index (χ3n) is 8.38. The summed E-state index contributed by atoms with van der Waals surface area (Å²) in [6.45, 7) is 3.51. The number of rotatable bonds is 11. The van der Waals surface area contributed by atoms with Crippen LogP contribution in [0.4, 0.5) is 0 Å². The van der Waals surface area contributed by atoms with Gasteiger partial charge in [-0.1, -0.05) is 80.3 Å². The summed E-state index contributed by atoms with van der Waals surface area (Å²) in [6, 6.07) is 15.9. The van der Waals surface area contributed by atoms with Gasteiger partial charge in [-0.05, 0) is 74.3 Å². The fraction of sp³-hybridized carbons (Fsp3) is 0.484. The van der Waals surface area contributed by atoms with E-state index in [-0.39, 0.29) is 17.4 Å². The number of nitrogens with one attached hydrogen (secondary N) is 3. The van der Waals surface area contributed by atoms with E-state index in [9.17, 15) is 18.0 Å². The predicted octanol–water partition coefficient (Wildman–Crippen LogP) is 4.44. The Labute approximate surface area is 248 Å². The summed E-state index contributed by atoms with van der Waals surface area (Å²) in [5.41, 5.74) is 6.65.